The minimum absolute atomic E-state index is 0.000652. The fraction of sp³-hybridized carbons (Fsp3) is 0.920. The van der Waals surface area contributed by atoms with E-state index in [1.54, 1.807) is 0 Å². The van der Waals surface area contributed by atoms with E-state index < -0.39 is 0 Å². The zero-order valence-corrected chi connectivity index (χ0v) is 19.4. The number of unbranched alkanes of at least 4 members (excludes halogenated alkanes) is 10. The highest BCUT2D eigenvalue weighted by Gasteiger charge is 2.16. The fourth-order valence-corrected chi connectivity index (χ4v) is 3.78. The topological polar surface area (TPSA) is 43.4 Å². The van der Waals surface area contributed by atoms with Crippen LogP contribution in [-0.4, -0.2) is 17.9 Å². The standard InChI is InChI=1S/C25H48O3/c1-5-7-8-15-19-23(24(26)18-6-2)20-16-13-11-9-10-12-14-17-21-25(27)28-22(3)4/h22-23H,5-21H2,1-4H3. The van der Waals surface area contributed by atoms with Crippen LogP contribution in [0.25, 0.3) is 0 Å². The smallest absolute Gasteiger partial charge is 0.306 e. The van der Waals surface area contributed by atoms with Gasteiger partial charge in [-0.1, -0.05) is 84.5 Å². The minimum atomic E-state index is -0.0585. The Morgan fingerprint density at radius 1 is 0.643 bits per heavy atom. The quantitative estimate of drug-likeness (QED) is 0.156. The number of rotatable bonds is 20. The van der Waals surface area contributed by atoms with Gasteiger partial charge in [0.2, 0.25) is 0 Å². The third-order valence-corrected chi connectivity index (χ3v) is 5.41. The van der Waals surface area contributed by atoms with Crippen molar-refractivity contribution >= 4 is 11.8 Å². The van der Waals surface area contributed by atoms with Gasteiger partial charge in [0.25, 0.3) is 0 Å². The summed E-state index contributed by atoms with van der Waals surface area (Å²) in [6.07, 6.45) is 19.1. The molecule has 0 N–H and O–H groups in total. The van der Waals surface area contributed by atoms with E-state index >= 15 is 0 Å². The molecule has 166 valence electrons. The van der Waals surface area contributed by atoms with E-state index in [1.165, 1.54) is 64.2 Å². The summed E-state index contributed by atoms with van der Waals surface area (Å²) in [7, 11) is 0. The molecule has 0 aliphatic heterocycles. The maximum absolute atomic E-state index is 12.3. The summed E-state index contributed by atoms with van der Waals surface area (Å²) < 4.78 is 5.15. The maximum Gasteiger partial charge on any atom is 0.306 e. The summed E-state index contributed by atoms with van der Waals surface area (Å²) in [6.45, 7) is 8.14. The fourth-order valence-electron chi connectivity index (χ4n) is 3.78. The van der Waals surface area contributed by atoms with Crippen molar-refractivity contribution in [2.75, 3.05) is 0 Å². The van der Waals surface area contributed by atoms with Crippen LogP contribution in [0.2, 0.25) is 0 Å². The Labute approximate surface area is 175 Å². The summed E-state index contributed by atoms with van der Waals surface area (Å²) in [6, 6.07) is 0. The first-order valence-corrected chi connectivity index (χ1v) is 12.2. The van der Waals surface area contributed by atoms with E-state index in [-0.39, 0.29) is 12.1 Å². The number of Topliss-reactive ketones (excluding diaryl/α,β-unsaturated/α-hetero) is 1. The van der Waals surface area contributed by atoms with E-state index in [9.17, 15) is 9.59 Å². The van der Waals surface area contributed by atoms with Crippen molar-refractivity contribution in [3.63, 3.8) is 0 Å². The summed E-state index contributed by atoms with van der Waals surface area (Å²) in [5.74, 6) is 0.772. The number of carbonyl (C=O) groups excluding carboxylic acids is 2. The largest absolute Gasteiger partial charge is 0.463 e. The molecule has 0 bridgehead atoms. The molecule has 0 saturated heterocycles. The molecule has 3 nitrogen and oxygen atoms in total. The molecule has 0 amide bonds. The molecule has 0 aromatic carbocycles. The van der Waals surface area contributed by atoms with Crippen molar-refractivity contribution in [1.29, 1.82) is 0 Å². The Kier molecular flexibility index (Phi) is 18.9. The lowest BCUT2D eigenvalue weighted by Crippen LogP contribution is -2.14. The predicted molar refractivity (Wildman–Crippen MR) is 120 cm³/mol. The number of ether oxygens (including phenoxy) is 1. The third kappa shape index (κ3) is 17.3. The van der Waals surface area contributed by atoms with Gasteiger partial charge in [-0.2, -0.15) is 0 Å². The van der Waals surface area contributed by atoms with Crippen molar-refractivity contribution in [3.8, 4) is 0 Å². The molecular weight excluding hydrogens is 348 g/mol. The number of esters is 1. The van der Waals surface area contributed by atoms with Gasteiger partial charge in [-0.25, -0.2) is 0 Å². The van der Waals surface area contributed by atoms with Gasteiger partial charge in [-0.3, -0.25) is 9.59 Å². The van der Waals surface area contributed by atoms with Gasteiger partial charge in [0.1, 0.15) is 5.78 Å². The van der Waals surface area contributed by atoms with Crippen LogP contribution in [0.15, 0.2) is 0 Å². The van der Waals surface area contributed by atoms with Crippen molar-refractivity contribution in [1.82, 2.24) is 0 Å². The summed E-state index contributed by atoms with van der Waals surface area (Å²) >= 11 is 0. The maximum atomic E-state index is 12.3. The SMILES string of the molecule is CCCCCCC(CCCCCCCCCCC(=O)OC(C)C)C(=O)CCC. The molecule has 0 rings (SSSR count). The first-order chi connectivity index (χ1) is 13.5. The Bertz CT molecular complexity index is 376. The van der Waals surface area contributed by atoms with Crippen molar-refractivity contribution in [2.45, 2.75) is 143 Å². The van der Waals surface area contributed by atoms with Gasteiger partial charge in [-0.05, 0) is 39.5 Å². The van der Waals surface area contributed by atoms with Gasteiger partial charge in [-0.15, -0.1) is 0 Å². The molecule has 3 heteroatoms. The highest BCUT2D eigenvalue weighted by Crippen LogP contribution is 2.21. The molecule has 0 saturated carbocycles. The molecular formula is C25H48O3. The second-order valence-corrected chi connectivity index (χ2v) is 8.67. The zero-order valence-electron chi connectivity index (χ0n) is 19.4. The third-order valence-electron chi connectivity index (χ3n) is 5.41. The highest BCUT2D eigenvalue weighted by molar-refractivity contribution is 5.80. The van der Waals surface area contributed by atoms with Crippen molar-refractivity contribution in [3.05, 3.63) is 0 Å². The van der Waals surface area contributed by atoms with Crippen molar-refractivity contribution in [2.24, 2.45) is 5.92 Å². The lowest BCUT2D eigenvalue weighted by atomic mass is 9.89. The van der Waals surface area contributed by atoms with E-state index in [4.69, 9.17) is 4.74 Å². The first-order valence-electron chi connectivity index (χ1n) is 12.2. The van der Waals surface area contributed by atoms with E-state index in [2.05, 4.69) is 13.8 Å². The summed E-state index contributed by atoms with van der Waals surface area (Å²) in [5.41, 5.74) is 0. The van der Waals surface area contributed by atoms with Crippen LogP contribution in [0.4, 0.5) is 0 Å². The molecule has 0 heterocycles. The number of hydrogen-bond donors (Lipinski definition) is 0. The lowest BCUT2D eigenvalue weighted by Gasteiger charge is -2.15. The molecule has 1 atom stereocenters. The van der Waals surface area contributed by atoms with Gasteiger partial charge in [0.05, 0.1) is 6.10 Å². The van der Waals surface area contributed by atoms with Crippen LogP contribution in [-0.2, 0) is 14.3 Å². The average Bonchev–Trinajstić information content (AvgIpc) is 2.64. The molecule has 1 unspecified atom stereocenters. The normalized spacial score (nSPS) is 12.3. The highest BCUT2D eigenvalue weighted by atomic mass is 16.5. The Morgan fingerprint density at radius 2 is 1.14 bits per heavy atom. The predicted octanol–water partition coefficient (Wildman–Crippen LogP) is 7.79. The van der Waals surface area contributed by atoms with Crippen molar-refractivity contribution < 1.29 is 14.3 Å². The second-order valence-electron chi connectivity index (χ2n) is 8.67. The van der Waals surface area contributed by atoms with Crippen LogP contribution in [0.3, 0.4) is 0 Å². The molecule has 0 radical (unpaired) electrons. The average molecular weight is 397 g/mol. The van der Waals surface area contributed by atoms with E-state index in [0.717, 1.165) is 38.5 Å². The Balaban J connectivity index is 3.67. The molecule has 28 heavy (non-hydrogen) atoms. The zero-order chi connectivity index (χ0) is 21.0. The minimum Gasteiger partial charge on any atom is -0.463 e. The second kappa shape index (κ2) is 19.5. The Morgan fingerprint density at radius 3 is 1.64 bits per heavy atom. The molecule has 0 aromatic rings. The van der Waals surface area contributed by atoms with Gasteiger partial charge >= 0.3 is 5.97 Å². The molecule has 0 aliphatic carbocycles. The van der Waals surface area contributed by atoms with Gasteiger partial charge in [0, 0.05) is 18.8 Å². The first kappa shape index (κ1) is 27.1. The lowest BCUT2D eigenvalue weighted by molar-refractivity contribution is -0.147. The van der Waals surface area contributed by atoms with E-state index in [0.29, 0.717) is 18.1 Å². The van der Waals surface area contributed by atoms with Crippen LogP contribution in [0, 0.1) is 5.92 Å². The number of hydrogen-bond acceptors (Lipinski definition) is 3. The van der Waals surface area contributed by atoms with Crippen LogP contribution in [0.5, 0.6) is 0 Å². The molecule has 0 fully saturated rings. The van der Waals surface area contributed by atoms with Gasteiger partial charge < -0.3 is 4.74 Å². The van der Waals surface area contributed by atoms with E-state index in [1.807, 2.05) is 13.8 Å². The Hall–Kier alpha value is -0.860. The van der Waals surface area contributed by atoms with Crippen LogP contribution >= 0.6 is 0 Å². The van der Waals surface area contributed by atoms with Gasteiger partial charge in [0.15, 0.2) is 0 Å². The molecule has 0 spiro atoms. The van der Waals surface area contributed by atoms with Crippen LogP contribution < -0.4 is 0 Å². The summed E-state index contributed by atoms with van der Waals surface area (Å²) in [5, 5.41) is 0. The molecule has 0 aliphatic rings. The van der Waals surface area contributed by atoms with Crippen LogP contribution in [0.1, 0.15) is 137 Å². The molecule has 0 aromatic heterocycles. The summed E-state index contributed by atoms with van der Waals surface area (Å²) in [4.78, 5) is 23.8. The monoisotopic (exact) mass is 396 g/mol. The number of ketones is 1. The number of carbonyl (C=O) groups is 2.